The predicted octanol–water partition coefficient (Wildman–Crippen LogP) is 4.62. The zero-order valence-corrected chi connectivity index (χ0v) is 18.2. The Hall–Kier alpha value is -3.29. The summed E-state index contributed by atoms with van der Waals surface area (Å²) in [4.78, 5) is 16.3. The highest BCUT2D eigenvalue weighted by Gasteiger charge is 2.44. The first-order valence-electron chi connectivity index (χ1n) is 10.4. The van der Waals surface area contributed by atoms with Gasteiger partial charge in [-0.05, 0) is 48.5 Å². The van der Waals surface area contributed by atoms with Crippen molar-refractivity contribution in [1.82, 2.24) is 4.98 Å². The lowest BCUT2D eigenvalue weighted by atomic mass is 10.3. The second kappa shape index (κ2) is 10.1. The molecule has 31 heavy (non-hydrogen) atoms. The molecule has 0 unspecified atom stereocenters. The lowest BCUT2D eigenvalue weighted by molar-refractivity contribution is 0.0506. The molecule has 0 bridgehead atoms. The molecular weight excluding hydrogens is 401 g/mol. The summed E-state index contributed by atoms with van der Waals surface area (Å²) in [5.41, 5.74) is 0.533. The van der Waals surface area contributed by atoms with Crippen LogP contribution in [0.4, 0.5) is 0 Å². The standard InChI is InChI=1S/C27H25NO2P/c29-27(23-17-19-28-20-18-23)30-21-10-22-31(24-11-4-1-5-12-24,25-13-6-2-7-14-25)26-15-8-3-9-16-26/h1-9,11-20H,10,21-22H2/q+1. The van der Waals surface area contributed by atoms with Gasteiger partial charge in [-0.1, -0.05) is 54.6 Å². The van der Waals surface area contributed by atoms with E-state index in [4.69, 9.17) is 4.74 Å². The van der Waals surface area contributed by atoms with Crippen molar-refractivity contribution < 1.29 is 9.53 Å². The molecule has 0 aliphatic carbocycles. The first-order chi connectivity index (χ1) is 15.3. The van der Waals surface area contributed by atoms with Gasteiger partial charge in [0.25, 0.3) is 0 Å². The van der Waals surface area contributed by atoms with Gasteiger partial charge in [0.2, 0.25) is 0 Å². The van der Waals surface area contributed by atoms with Gasteiger partial charge in [-0.25, -0.2) is 4.79 Å². The molecular formula is C27H25NO2P+. The Morgan fingerprint density at radius 1 is 0.677 bits per heavy atom. The Balaban J connectivity index is 1.63. The maximum absolute atomic E-state index is 12.3. The Kier molecular flexibility index (Phi) is 6.86. The molecule has 0 N–H and O–H groups in total. The van der Waals surface area contributed by atoms with E-state index < -0.39 is 7.26 Å². The molecule has 0 radical (unpaired) electrons. The maximum Gasteiger partial charge on any atom is 0.338 e. The number of hydrogen-bond acceptors (Lipinski definition) is 3. The first kappa shape index (κ1) is 21.0. The zero-order chi connectivity index (χ0) is 21.4. The lowest BCUT2D eigenvalue weighted by Gasteiger charge is -2.27. The summed E-state index contributed by atoms with van der Waals surface area (Å²) in [6, 6.07) is 35.6. The van der Waals surface area contributed by atoms with Gasteiger partial charge in [-0.15, -0.1) is 0 Å². The third-order valence-corrected chi connectivity index (χ3v) is 9.90. The minimum absolute atomic E-state index is 0.300. The van der Waals surface area contributed by atoms with Crippen LogP contribution in [0.3, 0.4) is 0 Å². The van der Waals surface area contributed by atoms with Gasteiger partial charge >= 0.3 is 5.97 Å². The number of ether oxygens (including phenoxy) is 1. The number of pyridine rings is 1. The second-order valence-corrected chi connectivity index (χ2v) is 10.9. The number of aromatic nitrogens is 1. The molecule has 1 aromatic heterocycles. The highest BCUT2D eigenvalue weighted by Crippen LogP contribution is 2.55. The summed E-state index contributed by atoms with van der Waals surface area (Å²) in [6.45, 7) is 0.384. The number of nitrogens with zero attached hydrogens (tertiary/aromatic N) is 1. The minimum Gasteiger partial charge on any atom is -0.462 e. The minimum atomic E-state index is -1.89. The van der Waals surface area contributed by atoms with Crippen LogP contribution in [0, 0.1) is 0 Å². The number of carbonyl (C=O) groups excluding carboxylic acids is 1. The summed E-state index contributed by atoms with van der Waals surface area (Å²) in [5, 5.41) is 4.02. The first-order valence-corrected chi connectivity index (χ1v) is 12.4. The van der Waals surface area contributed by atoms with Crippen LogP contribution in [0.1, 0.15) is 16.8 Å². The highest BCUT2D eigenvalue weighted by molar-refractivity contribution is 7.95. The van der Waals surface area contributed by atoms with Crippen LogP contribution in [0.25, 0.3) is 0 Å². The molecule has 154 valence electrons. The quantitative estimate of drug-likeness (QED) is 0.234. The lowest BCUT2D eigenvalue weighted by Crippen LogP contribution is -2.33. The van der Waals surface area contributed by atoms with Gasteiger partial charge in [0.05, 0.1) is 18.3 Å². The summed E-state index contributed by atoms with van der Waals surface area (Å²) in [5.74, 6) is -0.300. The van der Waals surface area contributed by atoms with E-state index >= 15 is 0 Å². The molecule has 0 aliphatic heterocycles. The molecule has 0 amide bonds. The maximum atomic E-state index is 12.3. The van der Waals surface area contributed by atoms with Gasteiger partial charge < -0.3 is 4.74 Å². The normalized spacial score (nSPS) is 11.1. The van der Waals surface area contributed by atoms with Gasteiger partial charge in [0, 0.05) is 18.8 Å². The summed E-state index contributed by atoms with van der Waals surface area (Å²) < 4.78 is 5.58. The number of carbonyl (C=O) groups is 1. The van der Waals surface area contributed by atoms with E-state index in [1.54, 1.807) is 24.5 Å². The fourth-order valence-corrected chi connectivity index (χ4v) is 8.24. The van der Waals surface area contributed by atoms with Crippen LogP contribution in [0.5, 0.6) is 0 Å². The van der Waals surface area contributed by atoms with Crippen molar-refractivity contribution in [3.63, 3.8) is 0 Å². The van der Waals surface area contributed by atoms with Crippen LogP contribution in [0.2, 0.25) is 0 Å². The molecule has 0 saturated carbocycles. The van der Waals surface area contributed by atoms with E-state index in [1.807, 2.05) is 0 Å². The molecule has 0 saturated heterocycles. The molecule has 4 rings (SSSR count). The van der Waals surface area contributed by atoms with Crippen molar-refractivity contribution in [2.45, 2.75) is 6.42 Å². The van der Waals surface area contributed by atoms with Crippen molar-refractivity contribution in [3.8, 4) is 0 Å². The number of benzene rings is 3. The average Bonchev–Trinajstić information content (AvgIpc) is 2.86. The summed E-state index contributed by atoms with van der Waals surface area (Å²) in [7, 11) is -1.89. The smallest absolute Gasteiger partial charge is 0.338 e. The molecule has 0 spiro atoms. The third-order valence-electron chi connectivity index (χ3n) is 5.38. The van der Waals surface area contributed by atoms with Crippen LogP contribution >= 0.6 is 7.26 Å². The SMILES string of the molecule is O=C(OCCC[P+](c1ccccc1)(c1ccccc1)c1ccccc1)c1ccncc1. The van der Waals surface area contributed by atoms with E-state index in [2.05, 4.69) is 96.0 Å². The predicted molar refractivity (Wildman–Crippen MR) is 129 cm³/mol. The van der Waals surface area contributed by atoms with E-state index in [1.165, 1.54) is 15.9 Å². The summed E-state index contributed by atoms with van der Waals surface area (Å²) >= 11 is 0. The molecule has 0 aliphatic rings. The third kappa shape index (κ3) is 4.73. The second-order valence-electron chi connectivity index (χ2n) is 7.27. The van der Waals surface area contributed by atoms with Crippen molar-refractivity contribution in [3.05, 3.63) is 121 Å². The van der Waals surface area contributed by atoms with E-state index in [0.29, 0.717) is 12.2 Å². The molecule has 3 aromatic carbocycles. The number of rotatable bonds is 8. The molecule has 0 atom stereocenters. The van der Waals surface area contributed by atoms with E-state index in [9.17, 15) is 4.79 Å². The van der Waals surface area contributed by atoms with Crippen LogP contribution in [-0.2, 0) is 4.74 Å². The molecule has 4 aromatic rings. The molecule has 0 fully saturated rings. The molecule has 3 nitrogen and oxygen atoms in total. The fraction of sp³-hybridized carbons (Fsp3) is 0.111. The Labute approximate surface area is 184 Å². The zero-order valence-electron chi connectivity index (χ0n) is 17.3. The van der Waals surface area contributed by atoms with Crippen molar-refractivity contribution >= 4 is 29.1 Å². The van der Waals surface area contributed by atoms with Gasteiger partial charge in [0.1, 0.15) is 23.2 Å². The Morgan fingerprint density at radius 2 is 1.13 bits per heavy atom. The van der Waals surface area contributed by atoms with Gasteiger partial charge in [0.15, 0.2) is 0 Å². The largest absolute Gasteiger partial charge is 0.462 e. The topological polar surface area (TPSA) is 39.2 Å². The summed E-state index contributed by atoms with van der Waals surface area (Å²) in [6.07, 6.45) is 4.92. The van der Waals surface area contributed by atoms with Gasteiger partial charge in [-0.2, -0.15) is 0 Å². The number of hydrogen-bond donors (Lipinski definition) is 0. The Morgan fingerprint density at radius 3 is 1.58 bits per heavy atom. The monoisotopic (exact) mass is 426 g/mol. The number of esters is 1. The Bertz CT molecular complexity index is 990. The fourth-order valence-electron chi connectivity index (χ4n) is 3.92. The van der Waals surface area contributed by atoms with Crippen LogP contribution in [-0.4, -0.2) is 23.7 Å². The average molecular weight is 426 g/mol. The van der Waals surface area contributed by atoms with Crippen molar-refractivity contribution in [2.24, 2.45) is 0 Å². The molecule has 4 heteroatoms. The van der Waals surface area contributed by atoms with Crippen LogP contribution in [0.15, 0.2) is 116 Å². The van der Waals surface area contributed by atoms with Crippen LogP contribution < -0.4 is 15.9 Å². The molecule has 1 heterocycles. The van der Waals surface area contributed by atoms with Gasteiger partial charge in [-0.3, -0.25) is 4.98 Å². The highest BCUT2D eigenvalue weighted by atomic mass is 31.2. The van der Waals surface area contributed by atoms with Crippen molar-refractivity contribution in [2.75, 3.05) is 12.8 Å². The van der Waals surface area contributed by atoms with E-state index in [-0.39, 0.29) is 5.97 Å². The van der Waals surface area contributed by atoms with Crippen molar-refractivity contribution in [1.29, 1.82) is 0 Å². The van der Waals surface area contributed by atoms with E-state index in [0.717, 1.165) is 12.6 Å².